The Labute approximate surface area is 113 Å². The summed E-state index contributed by atoms with van der Waals surface area (Å²) in [5.41, 5.74) is 1.65. The lowest BCUT2D eigenvalue weighted by Crippen LogP contribution is -2.33. The summed E-state index contributed by atoms with van der Waals surface area (Å²) in [4.78, 5) is 11.7. The summed E-state index contributed by atoms with van der Waals surface area (Å²) in [6.45, 7) is 4.28. The lowest BCUT2D eigenvalue weighted by Gasteiger charge is -2.22. The van der Waals surface area contributed by atoms with Crippen LogP contribution in [0.4, 0.5) is 5.69 Å². The van der Waals surface area contributed by atoms with E-state index in [0.717, 1.165) is 11.1 Å². The number of rotatable bonds is 4. The lowest BCUT2D eigenvalue weighted by molar-refractivity contribution is -0.149. The zero-order valence-corrected chi connectivity index (χ0v) is 11.9. The number of hydrogen-bond acceptors (Lipinski definition) is 3. The molecule has 0 amide bonds. The van der Waals surface area contributed by atoms with Gasteiger partial charge in [0.2, 0.25) is 0 Å². The minimum Gasteiger partial charge on any atom is -0.469 e. The Morgan fingerprint density at radius 3 is 2.74 bits per heavy atom. The fourth-order valence-corrected chi connectivity index (χ4v) is 2.15. The highest BCUT2D eigenvalue weighted by Gasteiger charge is 2.28. The average Bonchev–Trinajstić information content (AvgIpc) is 2.73. The Bertz CT molecular complexity index is 599. The number of fused-ring (bicyclic) bond motifs is 1. The first-order valence-electron chi connectivity index (χ1n) is 6.32. The predicted molar refractivity (Wildman–Crippen MR) is 77.2 cm³/mol. The van der Waals surface area contributed by atoms with Crippen LogP contribution in [0.15, 0.2) is 30.5 Å². The maximum Gasteiger partial charge on any atom is 0.313 e. The normalized spacial score (nSPS) is 11.6. The van der Waals surface area contributed by atoms with Crippen molar-refractivity contribution in [2.45, 2.75) is 13.8 Å². The zero-order valence-electron chi connectivity index (χ0n) is 11.9. The molecule has 0 unspecified atom stereocenters. The highest BCUT2D eigenvalue weighted by molar-refractivity contribution is 5.93. The van der Waals surface area contributed by atoms with Crippen molar-refractivity contribution in [3.63, 3.8) is 0 Å². The van der Waals surface area contributed by atoms with Crippen LogP contribution in [-0.4, -0.2) is 24.2 Å². The van der Waals surface area contributed by atoms with E-state index in [2.05, 4.69) is 22.0 Å². The smallest absolute Gasteiger partial charge is 0.313 e. The van der Waals surface area contributed by atoms with Crippen LogP contribution in [0.25, 0.3) is 10.9 Å². The Hall–Kier alpha value is -1.97. The van der Waals surface area contributed by atoms with Gasteiger partial charge in [-0.1, -0.05) is 18.2 Å². The molecule has 1 aromatic heterocycles. The second-order valence-corrected chi connectivity index (χ2v) is 5.40. The number of esters is 1. The molecule has 4 heteroatoms. The van der Waals surface area contributed by atoms with Crippen LogP contribution in [0.2, 0.25) is 0 Å². The summed E-state index contributed by atoms with van der Waals surface area (Å²) >= 11 is 0. The number of carbonyl (C=O) groups excluding carboxylic acids is 1. The summed E-state index contributed by atoms with van der Waals surface area (Å²) in [7, 11) is 3.43. The molecule has 0 aliphatic heterocycles. The Kier molecular flexibility index (Phi) is 3.51. The SMILES string of the molecule is COC(=O)C(C)(C)CNc1cn(C)c2ccccc12. The van der Waals surface area contributed by atoms with E-state index in [4.69, 9.17) is 4.74 Å². The molecule has 0 saturated carbocycles. The Balaban J connectivity index is 2.21. The molecule has 0 aliphatic carbocycles. The molecule has 0 saturated heterocycles. The molecule has 19 heavy (non-hydrogen) atoms. The number of methoxy groups -OCH3 is 1. The number of benzene rings is 1. The van der Waals surface area contributed by atoms with Crippen LogP contribution < -0.4 is 5.32 Å². The van der Waals surface area contributed by atoms with Crippen LogP contribution in [-0.2, 0) is 16.6 Å². The van der Waals surface area contributed by atoms with Gasteiger partial charge in [-0.05, 0) is 19.9 Å². The number of anilines is 1. The van der Waals surface area contributed by atoms with Crippen molar-refractivity contribution >= 4 is 22.6 Å². The fraction of sp³-hybridized carbons (Fsp3) is 0.400. The molecular formula is C15H20N2O2. The number of aromatic nitrogens is 1. The first kappa shape index (κ1) is 13.5. The van der Waals surface area contributed by atoms with Crippen molar-refractivity contribution in [2.75, 3.05) is 19.0 Å². The van der Waals surface area contributed by atoms with Gasteiger partial charge in [0.1, 0.15) is 0 Å². The molecule has 0 radical (unpaired) electrons. The van der Waals surface area contributed by atoms with Gasteiger partial charge in [-0.25, -0.2) is 0 Å². The summed E-state index contributed by atoms with van der Waals surface area (Å²) < 4.78 is 6.88. The molecule has 0 spiro atoms. The van der Waals surface area contributed by atoms with E-state index in [9.17, 15) is 4.79 Å². The molecule has 0 aliphatic rings. The minimum absolute atomic E-state index is 0.208. The van der Waals surface area contributed by atoms with E-state index < -0.39 is 5.41 Å². The van der Waals surface area contributed by atoms with Gasteiger partial charge < -0.3 is 14.6 Å². The molecule has 0 fully saturated rings. The Morgan fingerprint density at radius 2 is 2.05 bits per heavy atom. The molecule has 102 valence electrons. The third kappa shape index (κ3) is 2.57. The van der Waals surface area contributed by atoms with Gasteiger partial charge in [-0.15, -0.1) is 0 Å². The number of aryl methyl sites for hydroxylation is 1. The molecule has 2 rings (SSSR count). The highest BCUT2D eigenvalue weighted by atomic mass is 16.5. The lowest BCUT2D eigenvalue weighted by atomic mass is 9.93. The van der Waals surface area contributed by atoms with E-state index in [1.807, 2.05) is 39.2 Å². The van der Waals surface area contributed by atoms with Gasteiger partial charge in [0.05, 0.1) is 18.2 Å². The van der Waals surface area contributed by atoms with Gasteiger partial charge >= 0.3 is 5.97 Å². The number of carbonyl (C=O) groups is 1. The van der Waals surface area contributed by atoms with E-state index >= 15 is 0 Å². The van der Waals surface area contributed by atoms with Gasteiger partial charge in [-0.3, -0.25) is 4.79 Å². The average molecular weight is 260 g/mol. The molecule has 2 aromatic rings. The highest BCUT2D eigenvalue weighted by Crippen LogP contribution is 2.26. The van der Waals surface area contributed by atoms with Gasteiger partial charge in [0.25, 0.3) is 0 Å². The van der Waals surface area contributed by atoms with Gasteiger partial charge in [0.15, 0.2) is 0 Å². The number of nitrogens with one attached hydrogen (secondary N) is 1. The largest absolute Gasteiger partial charge is 0.469 e. The summed E-state index contributed by atoms with van der Waals surface area (Å²) in [5.74, 6) is -0.208. The molecule has 4 nitrogen and oxygen atoms in total. The van der Waals surface area contributed by atoms with Crippen molar-refractivity contribution in [1.82, 2.24) is 4.57 Å². The molecule has 0 atom stereocenters. The quantitative estimate of drug-likeness (QED) is 0.860. The summed E-state index contributed by atoms with van der Waals surface area (Å²) in [6.07, 6.45) is 2.04. The first-order valence-corrected chi connectivity index (χ1v) is 6.32. The number of ether oxygens (including phenoxy) is 1. The van der Waals surface area contributed by atoms with Gasteiger partial charge in [-0.2, -0.15) is 0 Å². The molecule has 1 aromatic carbocycles. The predicted octanol–water partition coefficient (Wildman–Crippen LogP) is 2.79. The second kappa shape index (κ2) is 4.96. The monoisotopic (exact) mass is 260 g/mol. The molecule has 0 bridgehead atoms. The standard InChI is InChI=1S/C15H20N2O2/c1-15(2,14(18)19-4)10-16-12-9-17(3)13-8-6-5-7-11(12)13/h5-9,16H,10H2,1-4H3. The third-order valence-electron chi connectivity index (χ3n) is 3.36. The Morgan fingerprint density at radius 1 is 1.37 bits per heavy atom. The number of nitrogens with zero attached hydrogens (tertiary/aromatic N) is 1. The number of para-hydroxylation sites is 1. The third-order valence-corrected chi connectivity index (χ3v) is 3.36. The van der Waals surface area contributed by atoms with Crippen LogP contribution in [0.1, 0.15) is 13.8 Å². The molecule has 1 N–H and O–H groups in total. The van der Waals surface area contributed by atoms with Crippen molar-refractivity contribution in [3.05, 3.63) is 30.5 Å². The van der Waals surface area contributed by atoms with Crippen molar-refractivity contribution in [2.24, 2.45) is 12.5 Å². The minimum atomic E-state index is -0.550. The van der Waals surface area contributed by atoms with Crippen molar-refractivity contribution in [3.8, 4) is 0 Å². The van der Waals surface area contributed by atoms with E-state index in [1.54, 1.807) is 0 Å². The topological polar surface area (TPSA) is 43.3 Å². The zero-order chi connectivity index (χ0) is 14.0. The fourth-order valence-electron chi connectivity index (χ4n) is 2.15. The second-order valence-electron chi connectivity index (χ2n) is 5.40. The van der Waals surface area contributed by atoms with E-state index in [1.165, 1.54) is 12.6 Å². The van der Waals surface area contributed by atoms with Crippen LogP contribution in [0.3, 0.4) is 0 Å². The van der Waals surface area contributed by atoms with Gasteiger partial charge in [0, 0.05) is 30.7 Å². The van der Waals surface area contributed by atoms with Crippen LogP contribution in [0.5, 0.6) is 0 Å². The van der Waals surface area contributed by atoms with Crippen LogP contribution in [0, 0.1) is 5.41 Å². The first-order chi connectivity index (χ1) is 8.95. The molecular weight excluding hydrogens is 240 g/mol. The summed E-state index contributed by atoms with van der Waals surface area (Å²) in [6, 6.07) is 8.18. The summed E-state index contributed by atoms with van der Waals surface area (Å²) in [5, 5.41) is 4.50. The maximum atomic E-state index is 11.7. The number of hydrogen-bond donors (Lipinski definition) is 1. The van der Waals surface area contributed by atoms with Crippen molar-refractivity contribution in [1.29, 1.82) is 0 Å². The maximum absolute atomic E-state index is 11.7. The van der Waals surface area contributed by atoms with E-state index in [-0.39, 0.29) is 5.97 Å². The van der Waals surface area contributed by atoms with E-state index in [0.29, 0.717) is 6.54 Å². The van der Waals surface area contributed by atoms with Crippen molar-refractivity contribution < 1.29 is 9.53 Å². The van der Waals surface area contributed by atoms with Crippen LogP contribution >= 0.6 is 0 Å². The molecule has 1 heterocycles.